The van der Waals surface area contributed by atoms with Crippen LogP contribution in [-0.2, 0) is 0 Å². The zero-order valence-corrected chi connectivity index (χ0v) is 12.7. The first-order valence-electron chi connectivity index (χ1n) is 6.45. The third kappa shape index (κ3) is 3.42. The average Bonchev–Trinajstić information content (AvgIpc) is 2.42. The highest BCUT2D eigenvalue weighted by atomic mass is 35.5. The van der Waals surface area contributed by atoms with Gasteiger partial charge in [0.2, 0.25) is 5.28 Å². The maximum Gasteiger partial charge on any atom is 0.222 e. The fourth-order valence-corrected chi connectivity index (χ4v) is 2.13. The lowest BCUT2D eigenvalue weighted by atomic mass is 10.1. The molecular formula is C15H14ClF2N3. The van der Waals surface area contributed by atoms with Gasteiger partial charge in [0.05, 0.1) is 17.1 Å². The van der Waals surface area contributed by atoms with Gasteiger partial charge in [0, 0.05) is 17.8 Å². The molecule has 110 valence electrons. The van der Waals surface area contributed by atoms with Gasteiger partial charge in [-0.15, -0.1) is 0 Å². The van der Waals surface area contributed by atoms with Crippen LogP contribution >= 0.6 is 11.6 Å². The fourth-order valence-electron chi connectivity index (χ4n) is 1.95. The predicted molar refractivity (Wildman–Crippen MR) is 79.4 cm³/mol. The molecule has 0 aliphatic carbocycles. The summed E-state index contributed by atoms with van der Waals surface area (Å²) in [5.41, 5.74) is 3.08. The van der Waals surface area contributed by atoms with Crippen molar-refractivity contribution < 1.29 is 8.78 Å². The van der Waals surface area contributed by atoms with Gasteiger partial charge in [0.1, 0.15) is 0 Å². The van der Waals surface area contributed by atoms with Gasteiger partial charge in [0.25, 0.3) is 0 Å². The quantitative estimate of drug-likeness (QED) is 0.616. The first-order valence-corrected chi connectivity index (χ1v) is 6.83. The van der Waals surface area contributed by atoms with Gasteiger partial charge >= 0.3 is 0 Å². The molecule has 0 unspecified atom stereocenters. The fraction of sp³-hybridized carbons (Fsp3) is 0.267. The summed E-state index contributed by atoms with van der Waals surface area (Å²) >= 11 is 5.74. The number of halogens is 3. The number of aryl methyl sites for hydroxylation is 2. The molecule has 3 nitrogen and oxygen atoms in total. The summed E-state index contributed by atoms with van der Waals surface area (Å²) in [6.07, 6.45) is 2.19. The average molecular weight is 310 g/mol. The van der Waals surface area contributed by atoms with Crippen LogP contribution in [0.3, 0.4) is 0 Å². The first kappa shape index (κ1) is 15.5. The van der Waals surface area contributed by atoms with E-state index in [1.807, 2.05) is 6.92 Å². The summed E-state index contributed by atoms with van der Waals surface area (Å²) in [7, 11) is 0. The summed E-state index contributed by atoms with van der Waals surface area (Å²) in [6.45, 7) is 5.40. The highest BCUT2D eigenvalue weighted by molar-refractivity contribution is 6.28. The molecule has 0 fully saturated rings. The van der Waals surface area contributed by atoms with Gasteiger partial charge in [-0.3, -0.25) is 4.99 Å². The minimum absolute atomic E-state index is 0.163. The third-order valence-electron chi connectivity index (χ3n) is 3.09. The van der Waals surface area contributed by atoms with E-state index in [9.17, 15) is 8.78 Å². The normalized spacial score (nSPS) is 11.8. The van der Waals surface area contributed by atoms with E-state index >= 15 is 0 Å². The Balaban J connectivity index is 2.53. The van der Waals surface area contributed by atoms with E-state index in [1.165, 1.54) is 0 Å². The molecule has 0 amide bonds. The van der Waals surface area contributed by atoms with E-state index in [-0.39, 0.29) is 5.28 Å². The van der Waals surface area contributed by atoms with E-state index in [2.05, 4.69) is 15.0 Å². The molecule has 2 rings (SSSR count). The van der Waals surface area contributed by atoms with Crippen molar-refractivity contribution in [2.24, 2.45) is 4.99 Å². The molecule has 0 atom stereocenters. The van der Waals surface area contributed by atoms with Crippen molar-refractivity contribution in [1.29, 1.82) is 0 Å². The molecule has 0 saturated heterocycles. The topological polar surface area (TPSA) is 38.1 Å². The maximum absolute atomic E-state index is 13.4. The molecule has 0 spiro atoms. The van der Waals surface area contributed by atoms with Crippen molar-refractivity contribution in [2.45, 2.75) is 27.2 Å². The Morgan fingerprint density at radius 3 is 2.52 bits per heavy atom. The van der Waals surface area contributed by atoms with Crippen LogP contribution in [0.1, 0.15) is 30.2 Å². The number of hydrogen-bond donors (Lipinski definition) is 0. The molecule has 6 heteroatoms. The second-order valence-electron chi connectivity index (χ2n) is 4.60. The number of hydrogen-bond acceptors (Lipinski definition) is 3. The van der Waals surface area contributed by atoms with Crippen LogP contribution in [0.25, 0.3) is 0 Å². The minimum atomic E-state index is -0.918. The van der Waals surface area contributed by atoms with Crippen molar-refractivity contribution in [2.75, 3.05) is 0 Å². The summed E-state index contributed by atoms with van der Waals surface area (Å²) in [5, 5.41) is 0.163. The number of aliphatic imine (C=N–C) groups is 1. The van der Waals surface area contributed by atoms with E-state index < -0.39 is 11.6 Å². The van der Waals surface area contributed by atoms with Crippen molar-refractivity contribution in [1.82, 2.24) is 9.97 Å². The van der Waals surface area contributed by atoms with Crippen molar-refractivity contribution in [3.63, 3.8) is 0 Å². The molecule has 2 aromatic rings. The molecule has 0 radical (unpaired) electrons. The van der Waals surface area contributed by atoms with E-state index in [1.54, 1.807) is 20.0 Å². The molecule has 0 saturated carbocycles. The van der Waals surface area contributed by atoms with Crippen LogP contribution in [0.2, 0.25) is 5.28 Å². The highest BCUT2D eigenvalue weighted by Gasteiger charge is 2.11. The van der Waals surface area contributed by atoms with Gasteiger partial charge in [-0.25, -0.2) is 18.7 Å². The van der Waals surface area contributed by atoms with Gasteiger partial charge in [-0.05, 0) is 43.5 Å². The van der Waals surface area contributed by atoms with Crippen LogP contribution in [0.5, 0.6) is 0 Å². The summed E-state index contributed by atoms with van der Waals surface area (Å²) in [4.78, 5) is 12.4. The third-order valence-corrected chi connectivity index (χ3v) is 3.27. The number of nitrogens with zero attached hydrogens (tertiary/aromatic N) is 3. The Bertz CT molecular complexity index is 714. The van der Waals surface area contributed by atoms with Crippen LogP contribution < -0.4 is 0 Å². The summed E-state index contributed by atoms with van der Waals surface area (Å²) < 4.78 is 26.5. The van der Waals surface area contributed by atoms with Crippen molar-refractivity contribution in [3.8, 4) is 0 Å². The predicted octanol–water partition coefficient (Wildman–Crippen LogP) is 4.56. The highest BCUT2D eigenvalue weighted by Crippen LogP contribution is 2.24. The van der Waals surface area contributed by atoms with Crippen molar-refractivity contribution >= 4 is 23.0 Å². The Hall–Kier alpha value is -1.88. The monoisotopic (exact) mass is 309 g/mol. The standard InChI is InChI=1S/C15H14ClF2N3/c1-4-13(10-7-19-15(16)20-9(10)3)21-14-6-12(18)11(17)5-8(14)2/h5-7H,4H2,1-3H3. The van der Waals surface area contributed by atoms with Gasteiger partial charge in [-0.2, -0.15) is 0 Å². The molecular weight excluding hydrogens is 296 g/mol. The molecule has 21 heavy (non-hydrogen) atoms. The summed E-state index contributed by atoms with van der Waals surface area (Å²) in [6, 6.07) is 2.22. The first-order chi connectivity index (χ1) is 9.92. The van der Waals surface area contributed by atoms with E-state index in [0.717, 1.165) is 17.7 Å². The molecule has 1 heterocycles. The van der Waals surface area contributed by atoms with Crippen molar-refractivity contribution in [3.05, 3.63) is 52.1 Å². The van der Waals surface area contributed by atoms with Crippen LogP contribution in [0.4, 0.5) is 14.5 Å². The Morgan fingerprint density at radius 1 is 1.24 bits per heavy atom. The van der Waals surface area contributed by atoms with Crippen LogP contribution in [0.15, 0.2) is 23.3 Å². The van der Waals surface area contributed by atoms with Gasteiger partial charge in [0.15, 0.2) is 11.6 Å². The zero-order chi connectivity index (χ0) is 15.6. The largest absolute Gasteiger partial charge is 0.252 e. The smallest absolute Gasteiger partial charge is 0.222 e. The Morgan fingerprint density at radius 2 is 1.90 bits per heavy atom. The molecule has 1 aromatic heterocycles. The lowest BCUT2D eigenvalue weighted by Gasteiger charge is -2.09. The van der Waals surface area contributed by atoms with Crippen LogP contribution in [-0.4, -0.2) is 15.7 Å². The van der Waals surface area contributed by atoms with E-state index in [0.29, 0.717) is 29.1 Å². The molecule has 0 bridgehead atoms. The minimum Gasteiger partial charge on any atom is -0.252 e. The van der Waals surface area contributed by atoms with Crippen LogP contribution in [0, 0.1) is 25.5 Å². The second kappa shape index (κ2) is 6.26. The summed E-state index contributed by atoms with van der Waals surface area (Å²) in [5.74, 6) is -1.80. The molecule has 0 N–H and O–H groups in total. The lowest BCUT2D eigenvalue weighted by Crippen LogP contribution is -2.05. The Labute approximate surface area is 126 Å². The maximum atomic E-state index is 13.4. The number of rotatable bonds is 3. The lowest BCUT2D eigenvalue weighted by molar-refractivity contribution is 0.508. The molecule has 0 aliphatic rings. The van der Waals surface area contributed by atoms with E-state index in [4.69, 9.17) is 11.6 Å². The van der Waals surface area contributed by atoms with Gasteiger partial charge < -0.3 is 0 Å². The SMILES string of the molecule is CCC(=Nc1cc(F)c(F)cc1C)c1cnc(Cl)nc1C. The second-order valence-corrected chi connectivity index (χ2v) is 4.94. The zero-order valence-electron chi connectivity index (χ0n) is 11.9. The Kier molecular flexibility index (Phi) is 4.63. The molecule has 0 aliphatic heterocycles. The number of benzene rings is 1. The molecule has 1 aromatic carbocycles. The number of aromatic nitrogens is 2. The van der Waals surface area contributed by atoms with Gasteiger partial charge in [-0.1, -0.05) is 6.92 Å².